The van der Waals surface area contributed by atoms with Crippen molar-refractivity contribution in [2.75, 3.05) is 18.4 Å². The maximum absolute atomic E-state index is 12.8. The van der Waals surface area contributed by atoms with Crippen LogP contribution in [0.25, 0.3) is 0 Å². The second kappa shape index (κ2) is 7.56. The van der Waals surface area contributed by atoms with Gasteiger partial charge in [-0.1, -0.05) is 0 Å². The lowest BCUT2D eigenvalue weighted by Gasteiger charge is -2.34. The molecule has 1 amide bonds. The molecule has 0 saturated carbocycles. The van der Waals surface area contributed by atoms with E-state index in [-0.39, 0.29) is 29.6 Å². The van der Waals surface area contributed by atoms with E-state index in [1.165, 1.54) is 16.4 Å². The van der Waals surface area contributed by atoms with Crippen LogP contribution >= 0.6 is 0 Å². The normalized spacial score (nSPS) is 21.5. The first kappa shape index (κ1) is 18.6. The van der Waals surface area contributed by atoms with E-state index in [1.807, 2.05) is 13.8 Å². The van der Waals surface area contributed by atoms with E-state index in [9.17, 15) is 13.2 Å². The lowest BCUT2D eigenvalue weighted by molar-refractivity contribution is -0.116. The first-order chi connectivity index (χ1) is 12.3. The molecule has 8 nitrogen and oxygen atoms in total. The van der Waals surface area contributed by atoms with Crippen LogP contribution in [0.3, 0.4) is 0 Å². The second-order valence-electron chi connectivity index (χ2n) is 6.39. The summed E-state index contributed by atoms with van der Waals surface area (Å²) in [6.45, 7) is 4.52. The number of sulfonamides is 1. The third kappa shape index (κ3) is 4.29. The average Bonchev–Trinajstić information content (AvgIpc) is 3.07. The summed E-state index contributed by atoms with van der Waals surface area (Å²) in [5.74, 6) is -0.213. The van der Waals surface area contributed by atoms with Gasteiger partial charge >= 0.3 is 0 Å². The highest BCUT2D eigenvalue weighted by Crippen LogP contribution is 2.22. The molecular weight excluding hydrogens is 356 g/mol. The molecule has 140 valence electrons. The Kier molecular flexibility index (Phi) is 5.40. The molecule has 0 radical (unpaired) electrons. The van der Waals surface area contributed by atoms with Gasteiger partial charge in [0.1, 0.15) is 6.54 Å². The number of morpholine rings is 1. The minimum atomic E-state index is -3.59. The van der Waals surface area contributed by atoms with Crippen LogP contribution in [0.4, 0.5) is 5.69 Å². The number of carbonyl (C=O) groups is 1. The maximum Gasteiger partial charge on any atom is 0.244 e. The van der Waals surface area contributed by atoms with Gasteiger partial charge in [0.05, 0.1) is 23.4 Å². The van der Waals surface area contributed by atoms with Crippen molar-refractivity contribution in [2.24, 2.45) is 0 Å². The molecule has 0 bridgehead atoms. The Labute approximate surface area is 152 Å². The van der Waals surface area contributed by atoms with Gasteiger partial charge in [-0.25, -0.2) is 13.4 Å². The Morgan fingerprint density at radius 2 is 1.88 bits per heavy atom. The van der Waals surface area contributed by atoms with Crippen molar-refractivity contribution >= 4 is 21.6 Å². The lowest BCUT2D eigenvalue weighted by Crippen LogP contribution is -2.48. The summed E-state index contributed by atoms with van der Waals surface area (Å²) in [7, 11) is -3.59. The maximum atomic E-state index is 12.8. The number of amides is 1. The molecule has 26 heavy (non-hydrogen) atoms. The summed E-state index contributed by atoms with van der Waals surface area (Å²) < 4.78 is 34.3. The second-order valence-corrected chi connectivity index (χ2v) is 8.32. The van der Waals surface area contributed by atoms with E-state index < -0.39 is 10.0 Å². The molecule has 1 aliphatic heterocycles. The fraction of sp³-hybridized carbons (Fsp3) is 0.412. The van der Waals surface area contributed by atoms with Gasteiger partial charge < -0.3 is 14.6 Å². The van der Waals surface area contributed by atoms with E-state index in [4.69, 9.17) is 4.74 Å². The molecule has 1 N–H and O–H groups in total. The SMILES string of the molecule is C[C@H]1CN(S(=O)(=O)c2ccc(NC(=O)Cn3ccnc3)cc2)C[C@H](C)O1. The number of ether oxygens (including phenoxy) is 1. The average molecular weight is 378 g/mol. The highest BCUT2D eigenvalue weighted by atomic mass is 32.2. The molecule has 2 atom stereocenters. The minimum Gasteiger partial charge on any atom is -0.373 e. The van der Waals surface area contributed by atoms with E-state index in [2.05, 4.69) is 10.3 Å². The number of hydrogen-bond donors (Lipinski definition) is 1. The molecule has 1 aliphatic rings. The van der Waals surface area contributed by atoms with Crippen LogP contribution in [-0.2, 0) is 26.1 Å². The first-order valence-corrected chi connectivity index (χ1v) is 9.80. The topological polar surface area (TPSA) is 93.5 Å². The molecule has 0 spiro atoms. The molecule has 1 aromatic heterocycles. The zero-order chi connectivity index (χ0) is 18.7. The van der Waals surface area contributed by atoms with Gasteiger partial charge in [0, 0.05) is 31.2 Å². The number of nitrogens with one attached hydrogen (secondary N) is 1. The molecule has 3 rings (SSSR count). The zero-order valence-corrected chi connectivity index (χ0v) is 15.5. The predicted octanol–water partition coefficient (Wildman–Crippen LogP) is 1.32. The van der Waals surface area contributed by atoms with Crippen LogP contribution in [-0.4, -0.2) is 53.5 Å². The number of anilines is 1. The van der Waals surface area contributed by atoms with Crippen molar-refractivity contribution in [1.29, 1.82) is 0 Å². The van der Waals surface area contributed by atoms with Gasteiger partial charge in [-0.05, 0) is 38.1 Å². The fourth-order valence-corrected chi connectivity index (χ4v) is 4.52. The summed E-state index contributed by atoms with van der Waals surface area (Å²) in [6.07, 6.45) is 4.56. The standard InChI is InChI=1S/C17H22N4O4S/c1-13-9-21(10-14(2)25-13)26(23,24)16-5-3-15(4-6-16)19-17(22)11-20-8-7-18-12-20/h3-8,12-14H,9-11H2,1-2H3,(H,19,22)/t13-,14-/m0/s1. The number of benzene rings is 1. The van der Waals surface area contributed by atoms with Crippen molar-refractivity contribution in [3.63, 3.8) is 0 Å². The monoisotopic (exact) mass is 378 g/mol. The summed E-state index contributed by atoms with van der Waals surface area (Å²) in [5, 5.41) is 2.74. The Bertz CT molecular complexity index is 839. The van der Waals surface area contributed by atoms with Gasteiger partial charge in [-0.3, -0.25) is 4.79 Å². The molecule has 1 aromatic carbocycles. The molecule has 1 fully saturated rings. The third-order valence-electron chi connectivity index (χ3n) is 4.05. The van der Waals surface area contributed by atoms with E-state index in [0.29, 0.717) is 18.8 Å². The van der Waals surface area contributed by atoms with Crippen molar-refractivity contribution in [1.82, 2.24) is 13.9 Å². The predicted molar refractivity (Wildman–Crippen MR) is 96.1 cm³/mol. The van der Waals surface area contributed by atoms with Crippen LogP contribution in [0.1, 0.15) is 13.8 Å². The van der Waals surface area contributed by atoms with Crippen molar-refractivity contribution < 1.29 is 17.9 Å². The number of nitrogens with zero attached hydrogens (tertiary/aromatic N) is 3. The Balaban J connectivity index is 1.67. The van der Waals surface area contributed by atoms with Crippen molar-refractivity contribution in [3.8, 4) is 0 Å². The number of aromatic nitrogens is 2. The number of hydrogen-bond acceptors (Lipinski definition) is 5. The van der Waals surface area contributed by atoms with Gasteiger partial charge in [-0.15, -0.1) is 0 Å². The fourth-order valence-electron chi connectivity index (χ4n) is 2.93. The summed E-state index contributed by atoms with van der Waals surface area (Å²) in [4.78, 5) is 16.1. The van der Waals surface area contributed by atoms with Gasteiger partial charge in [0.25, 0.3) is 0 Å². The first-order valence-electron chi connectivity index (χ1n) is 8.36. The molecule has 9 heteroatoms. The van der Waals surface area contributed by atoms with Gasteiger partial charge in [-0.2, -0.15) is 4.31 Å². The molecular formula is C17H22N4O4S. The zero-order valence-electron chi connectivity index (χ0n) is 14.7. The van der Waals surface area contributed by atoms with Crippen LogP contribution in [0.5, 0.6) is 0 Å². The Morgan fingerprint density at radius 1 is 1.23 bits per heavy atom. The van der Waals surface area contributed by atoms with Crippen LogP contribution in [0.15, 0.2) is 47.9 Å². The lowest BCUT2D eigenvalue weighted by atomic mass is 10.3. The van der Waals surface area contributed by atoms with Crippen LogP contribution in [0.2, 0.25) is 0 Å². The van der Waals surface area contributed by atoms with Gasteiger partial charge in [0.2, 0.25) is 15.9 Å². The highest BCUT2D eigenvalue weighted by Gasteiger charge is 2.32. The number of imidazole rings is 1. The summed E-state index contributed by atoms with van der Waals surface area (Å²) in [5.41, 5.74) is 0.540. The van der Waals surface area contributed by atoms with Crippen molar-refractivity contribution in [3.05, 3.63) is 43.0 Å². The van der Waals surface area contributed by atoms with E-state index >= 15 is 0 Å². The molecule has 0 aliphatic carbocycles. The quantitative estimate of drug-likeness (QED) is 0.847. The van der Waals surface area contributed by atoms with Crippen LogP contribution in [0, 0.1) is 0 Å². The molecule has 0 unspecified atom stereocenters. The van der Waals surface area contributed by atoms with Gasteiger partial charge in [0.15, 0.2) is 0 Å². The van der Waals surface area contributed by atoms with Crippen molar-refractivity contribution in [2.45, 2.75) is 37.5 Å². The largest absolute Gasteiger partial charge is 0.373 e. The Morgan fingerprint density at radius 3 is 2.46 bits per heavy atom. The van der Waals surface area contributed by atoms with E-state index in [1.54, 1.807) is 35.4 Å². The van der Waals surface area contributed by atoms with E-state index in [0.717, 1.165) is 0 Å². The minimum absolute atomic E-state index is 0.142. The molecule has 1 saturated heterocycles. The third-order valence-corrected chi connectivity index (χ3v) is 5.89. The Hall–Kier alpha value is -2.23. The van der Waals surface area contributed by atoms with Crippen LogP contribution < -0.4 is 5.32 Å². The molecule has 2 heterocycles. The number of rotatable bonds is 5. The highest BCUT2D eigenvalue weighted by molar-refractivity contribution is 7.89. The number of carbonyl (C=O) groups excluding carboxylic acids is 1. The summed E-state index contributed by atoms with van der Waals surface area (Å²) >= 11 is 0. The smallest absolute Gasteiger partial charge is 0.244 e. The summed E-state index contributed by atoms with van der Waals surface area (Å²) in [6, 6.07) is 6.19. The molecule has 2 aromatic rings.